The first kappa shape index (κ1) is 19.9. The molecule has 148 valence electrons. The topological polar surface area (TPSA) is 82.3 Å². The summed E-state index contributed by atoms with van der Waals surface area (Å²) >= 11 is 0. The van der Waals surface area contributed by atoms with E-state index in [0.29, 0.717) is 31.8 Å². The van der Waals surface area contributed by atoms with Gasteiger partial charge in [0.15, 0.2) is 0 Å². The Morgan fingerprint density at radius 3 is 2.70 bits per heavy atom. The van der Waals surface area contributed by atoms with Crippen molar-refractivity contribution in [3.63, 3.8) is 0 Å². The molecule has 0 spiro atoms. The quantitative estimate of drug-likeness (QED) is 0.761. The van der Waals surface area contributed by atoms with E-state index < -0.39 is 16.1 Å². The molecule has 27 heavy (non-hydrogen) atoms. The van der Waals surface area contributed by atoms with Crippen molar-refractivity contribution in [3.8, 4) is 0 Å². The van der Waals surface area contributed by atoms with Gasteiger partial charge in [-0.05, 0) is 43.2 Å². The van der Waals surface area contributed by atoms with E-state index in [1.807, 2.05) is 42.3 Å². The monoisotopic (exact) mass is 391 g/mol. The third kappa shape index (κ3) is 4.90. The van der Waals surface area contributed by atoms with Gasteiger partial charge in [0.2, 0.25) is 15.9 Å². The molecule has 2 aromatic rings. The Hall–Kier alpha value is -1.86. The molecule has 0 radical (unpaired) electrons. The predicted molar refractivity (Wildman–Crippen MR) is 108 cm³/mol. The van der Waals surface area contributed by atoms with Crippen molar-refractivity contribution in [3.05, 3.63) is 36.0 Å². The number of likely N-dealkylation sites (tertiary alicyclic amines) is 1. The second-order valence-electron chi connectivity index (χ2n) is 7.56. The lowest BCUT2D eigenvalue weighted by molar-refractivity contribution is -0.134. The van der Waals surface area contributed by atoms with Gasteiger partial charge in [-0.3, -0.25) is 4.79 Å². The number of hydrogen-bond acceptors (Lipinski definition) is 3. The normalized spacial score (nSPS) is 17.3. The number of nitrogens with zero attached hydrogens (tertiary/aromatic N) is 1. The summed E-state index contributed by atoms with van der Waals surface area (Å²) in [4.78, 5) is 18.2. The minimum Gasteiger partial charge on any atom is -0.361 e. The molecular formula is C20H29N3O3S. The number of sulfonamides is 1. The van der Waals surface area contributed by atoms with Crippen LogP contribution in [-0.4, -0.2) is 49.1 Å². The smallest absolute Gasteiger partial charge is 0.241 e. The molecule has 2 N–H and O–H groups in total. The predicted octanol–water partition coefficient (Wildman–Crippen LogP) is 2.67. The highest BCUT2D eigenvalue weighted by atomic mass is 32.2. The van der Waals surface area contributed by atoms with Crippen LogP contribution in [0.25, 0.3) is 10.9 Å². The number of H-pyrrole nitrogens is 1. The number of para-hydroxylation sites is 1. The summed E-state index contributed by atoms with van der Waals surface area (Å²) in [5.74, 6) is 0.520. The number of amides is 1. The van der Waals surface area contributed by atoms with Crippen molar-refractivity contribution in [2.75, 3.05) is 18.8 Å². The summed E-state index contributed by atoms with van der Waals surface area (Å²) in [6.07, 6.45) is 4.67. The van der Waals surface area contributed by atoms with Crippen LogP contribution >= 0.6 is 0 Å². The zero-order chi connectivity index (χ0) is 19.4. The molecule has 1 saturated heterocycles. The van der Waals surface area contributed by atoms with E-state index in [2.05, 4.69) is 16.6 Å². The fraction of sp³-hybridized carbons (Fsp3) is 0.550. The van der Waals surface area contributed by atoms with Crippen molar-refractivity contribution in [1.29, 1.82) is 0 Å². The van der Waals surface area contributed by atoms with Crippen LogP contribution in [0.3, 0.4) is 0 Å². The van der Waals surface area contributed by atoms with Gasteiger partial charge in [0.25, 0.3) is 0 Å². The number of piperidine rings is 1. The zero-order valence-electron chi connectivity index (χ0n) is 16.1. The lowest BCUT2D eigenvalue weighted by Gasteiger charge is -2.33. The minimum absolute atomic E-state index is 0.0295. The van der Waals surface area contributed by atoms with Crippen LogP contribution in [0.2, 0.25) is 0 Å². The van der Waals surface area contributed by atoms with Gasteiger partial charge in [0.05, 0.1) is 5.75 Å². The first-order chi connectivity index (χ1) is 12.9. The molecule has 6 nitrogen and oxygen atoms in total. The van der Waals surface area contributed by atoms with Crippen LogP contribution in [0.5, 0.6) is 0 Å². The summed E-state index contributed by atoms with van der Waals surface area (Å²) < 4.78 is 27.4. The van der Waals surface area contributed by atoms with Gasteiger partial charge in [0.1, 0.15) is 6.04 Å². The van der Waals surface area contributed by atoms with Gasteiger partial charge in [-0.15, -0.1) is 0 Å². The van der Waals surface area contributed by atoms with E-state index in [4.69, 9.17) is 0 Å². The van der Waals surface area contributed by atoms with E-state index in [1.54, 1.807) is 0 Å². The van der Waals surface area contributed by atoms with Crippen molar-refractivity contribution >= 4 is 26.8 Å². The zero-order valence-corrected chi connectivity index (χ0v) is 16.9. The molecule has 0 unspecified atom stereocenters. The molecule has 1 aromatic carbocycles. The Bertz CT molecular complexity index is 883. The molecule has 1 aromatic heterocycles. The van der Waals surface area contributed by atoms with Gasteiger partial charge >= 0.3 is 0 Å². The molecular weight excluding hydrogens is 362 g/mol. The number of hydrogen-bond donors (Lipinski definition) is 2. The summed E-state index contributed by atoms with van der Waals surface area (Å²) in [6, 6.07) is 7.09. The summed E-state index contributed by atoms with van der Waals surface area (Å²) in [5, 5.41) is 1.03. The van der Waals surface area contributed by atoms with E-state index >= 15 is 0 Å². The maximum absolute atomic E-state index is 13.1. The average molecular weight is 392 g/mol. The number of nitrogens with one attached hydrogen (secondary N) is 2. The first-order valence-corrected chi connectivity index (χ1v) is 11.4. The molecule has 1 fully saturated rings. The number of benzene rings is 1. The van der Waals surface area contributed by atoms with E-state index in [0.717, 1.165) is 29.3 Å². The van der Waals surface area contributed by atoms with Gasteiger partial charge in [-0.25, -0.2) is 13.1 Å². The molecule has 1 aliphatic rings. The Balaban J connectivity index is 1.84. The van der Waals surface area contributed by atoms with Crippen molar-refractivity contribution in [2.24, 2.45) is 5.92 Å². The maximum Gasteiger partial charge on any atom is 0.241 e. The van der Waals surface area contributed by atoms with Crippen LogP contribution in [0.4, 0.5) is 0 Å². The van der Waals surface area contributed by atoms with Crippen molar-refractivity contribution in [2.45, 2.75) is 45.6 Å². The number of rotatable bonds is 7. The molecule has 1 atom stereocenters. The molecule has 2 heterocycles. The molecule has 0 bridgehead atoms. The third-order valence-electron chi connectivity index (χ3n) is 5.29. The standard InChI is InChI=1S/C20H29N3O3S/c1-3-12-27(25,26)22-19(20(24)23-10-8-15(2)9-11-23)13-16-14-21-18-7-5-4-6-17(16)18/h4-7,14-15,19,21-22H,3,8-13H2,1-2H3/t19-/m1/s1. The van der Waals surface area contributed by atoms with Crippen molar-refractivity contribution < 1.29 is 13.2 Å². The van der Waals surface area contributed by atoms with E-state index in [-0.39, 0.29) is 11.7 Å². The van der Waals surface area contributed by atoms with E-state index in [1.165, 1.54) is 0 Å². The highest BCUT2D eigenvalue weighted by Gasteiger charge is 2.30. The summed E-state index contributed by atoms with van der Waals surface area (Å²) in [5.41, 5.74) is 1.94. The molecule has 7 heteroatoms. The van der Waals surface area contributed by atoms with Crippen LogP contribution in [0.1, 0.15) is 38.7 Å². The molecule has 3 rings (SSSR count). The molecule has 0 saturated carbocycles. The van der Waals surface area contributed by atoms with Gasteiger partial charge < -0.3 is 9.88 Å². The largest absolute Gasteiger partial charge is 0.361 e. The average Bonchev–Trinajstić information content (AvgIpc) is 3.04. The second-order valence-corrected chi connectivity index (χ2v) is 9.43. The molecule has 1 amide bonds. The Morgan fingerprint density at radius 1 is 1.30 bits per heavy atom. The number of carbonyl (C=O) groups is 1. The number of aromatic nitrogens is 1. The van der Waals surface area contributed by atoms with E-state index in [9.17, 15) is 13.2 Å². The number of fused-ring (bicyclic) bond motifs is 1. The van der Waals surface area contributed by atoms with Gasteiger partial charge in [-0.1, -0.05) is 32.0 Å². The van der Waals surface area contributed by atoms with Crippen molar-refractivity contribution in [1.82, 2.24) is 14.6 Å². The maximum atomic E-state index is 13.1. The Kier molecular flexibility index (Phi) is 6.22. The molecule has 0 aliphatic carbocycles. The highest BCUT2D eigenvalue weighted by Crippen LogP contribution is 2.22. The van der Waals surface area contributed by atoms with Crippen LogP contribution in [0, 0.1) is 5.92 Å². The fourth-order valence-electron chi connectivity index (χ4n) is 3.69. The summed E-state index contributed by atoms with van der Waals surface area (Å²) in [7, 11) is -3.49. The minimum atomic E-state index is -3.49. The Labute approximate surface area is 161 Å². The molecule has 1 aliphatic heterocycles. The third-order valence-corrected chi connectivity index (χ3v) is 6.88. The van der Waals surface area contributed by atoms with Gasteiger partial charge in [0, 0.05) is 30.2 Å². The second kappa shape index (κ2) is 8.44. The SMILES string of the molecule is CCCS(=O)(=O)N[C@H](Cc1c[nH]c2ccccc12)C(=O)N1CCC(C)CC1. The van der Waals surface area contributed by atoms with Crippen LogP contribution in [0.15, 0.2) is 30.5 Å². The number of carbonyl (C=O) groups excluding carboxylic acids is 1. The first-order valence-electron chi connectivity index (χ1n) is 9.73. The lowest BCUT2D eigenvalue weighted by atomic mass is 9.98. The summed E-state index contributed by atoms with van der Waals surface area (Å²) in [6.45, 7) is 5.40. The Morgan fingerprint density at radius 2 is 2.00 bits per heavy atom. The van der Waals surface area contributed by atoms with Gasteiger partial charge in [-0.2, -0.15) is 0 Å². The number of aromatic amines is 1. The van der Waals surface area contributed by atoms with Crippen LogP contribution in [-0.2, 0) is 21.2 Å². The highest BCUT2D eigenvalue weighted by molar-refractivity contribution is 7.89. The lowest BCUT2D eigenvalue weighted by Crippen LogP contribution is -2.51. The van der Waals surface area contributed by atoms with Crippen LogP contribution < -0.4 is 4.72 Å². The fourth-order valence-corrected chi connectivity index (χ4v) is 4.97.